The number of halogens is 2. The van der Waals surface area contributed by atoms with Gasteiger partial charge in [-0.05, 0) is 43.1 Å². The van der Waals surface area contributed by atoms with Gasteiger partial charge in [0.25, 0.3) is 0 Å². The van der Waals surface area contributed by atoms with Gasteiger partial charge in [0.15, 0.2) is 0 Å². The van der Waals surface area contributed by atoms with E-state index in [2.05, 4.69) is 21.2 Å². The summed E-state index contributed by atoms with van der Waals surface area (Å²) in [5.41, 5.74) is 6.11. The van der Waals surface area contributed by atoms with Crippen LogP contribution in [0.3, 0.4) is 0 Å². The molecule has 3 N–H and O–H groups in total. The highest BCUT2D eigenvalue weighted by Crippen LogP contribution is 2.17. The summed E-state index contributed by atoms with van der Waals surface area (Å²) in [4.78, 5) is 11.5. The molecule has 1 aromatic carbocycles. The number of nitrogens with one attached hydrogen (secondary N) is 1. The van der Waals surface area contributed by atoms with Gasteiger partial charge in [0.05, 0.1) is 0 Å². The van der Waals surface area contributed by atoms with Crippen molar-refractivity contribution in [3.05, 3.63) is 34.1 Å². The summed E-state index contributed by atoms with van der Waals surface area (Å²) in [6.07, 6.45) is 3.25. The second kappa shape index (κ2) is 8.21. The third kappa shape index (κ3) is 5.60. The number of hydrogen-bond donors (Lipinski definition) is 2. The molecule has 18 heavy (non-hydrogen) atoms. The Bertz CT molecular complexity index is 399. The van der Waals surface area contributed by atoms with Crippen LogP contribution in [0.15, 0.2) is 22.7 Å². The number of rotatable bonds is 7. The maximum Gasteiger partial charge on any atom is 0.220 e. The van der Waals surface area contributed by atoms with E-state index in [0.29, 0.717) is 19.5 Å². The molecule has 0 unspecified atom stereocenters. The van der Waals surface area contributed by atoms with Crippen LogP contribution >= 0.6 is 15.9 Å². The van der Waals surface area contributed by atoms with Crippen molar-refractivity contribution in [3.63, 3.8) is 0 Å². The van der Waals surface area contributed by atoms with E-state index in [4.69, 9.17) is 5.73 Å². The second-order valence-electron chi connectivity index (χ2n) is 4.11. The fraction of sp³-hybridized carbons (Fsp3) is 0.462. The van der Waals surface area contributed by atoms with E-state index >= 15 is 0 Å². The Kier molecular flexibility index (Phi) is 6.90. The van der Waals surface area contributed by atoms with Crippen LogP contribution in [0.4, 0.5) is 4.39 Å². The van der Waals surface area contributed by atoms with Crippen LogP contribution in [-0.2, 0) is 11.3 Å². The maximum absolute atomic E-state index is 13.0. The monoisotopic (exact) mass is 316 g/mol. The number of unbranched alkanes of at least 4 members (excludes halogenated alkanes) is 2. The highest BCUT2D eigenvalue weighted by atomic mass is 79.9. The number of nitrogens with two attached hydrogens (primary N) is 1. The minimum absolute atomic E-state index is 0.0109. The molecule has 0 spiro atoms. The fourth-order valence-electron chi connectivity index (χ4n) is 1.57. The number of amides is 1. The molecule has 0 aliphatic heterocycles. The molecule has 1 rings (SSSR count). The van der Waals surface area contributed by atoms with Gasteiger partial charge in [-0.3, -0.25) is 4.79 Å². The molecule has 5 heteroatoms. The van der Waals surface area contributed by atoms with Gasteiger partial charge < -0.3 is 11.1 Å². The molecule has 0 aromatic heterocycles. The molecule has 0 bridgehead atoms. The first-order valence-electron chi connectivity index (χ1n) is 6.04. The zero-order valence-corrected chi connectivity index (χ0v) is 11.8. The normalized spacial score (nSPS) is 10.4. The second-order valence-corrected chi connectivity index (χ2v) is 4.97. The molecule has 0 fully saturated rings. The zero-order valence-electron chi connectivity index (χ0n) is 10.2. The standard InChI is InChI=1S/C13H18BrFN2O/c14-12-6-5-11(15)8-10(12)9-17-13(18)4-2-1-3-7-16/h5-6,8H,1-4,7,9,16H2,(H,17,18). The minimum Gasteiger partial charge on any atom is -0.352 e. The van der Waals surface area contributed by atoms with Crippen molar-refractivity contribution < 1.29 is 9.18 Å². The van der Waals surface area contributed by atoms with Crippen LogP contribution in [0.1, 0.15) is 31.2 Å². The third-order valence-electron chi connectivity index (χ3n) is 2.59. The van der Waals surface area contributed by atoms with E-state index in [-0.39, 0.29) is 11.7 Å². The molecule has 3 nitrogen and oxygen atoms in total. The summed E-state index contributed by atoms with van der Waals surface area (Å²) in [6, 6.07) is 4.43. The summed E-state index contributed by atoms with van der Waals surface area (Å²) < 4.78 is 13.8. The van der Waals surface area contributed by atoms with Crippen molar-refractivity contribution >= 4 is 21.8 Å². The molecule has 0 saturated heterocycles. The van der Waals surface area contributed by atoms with Crippen LogP contribution in [-0.4, -0.2) is 12.5 Å². The molecule has 1 aromatic rings. The van der Waals surface area contributed by atoms with Crippen molar-refractivity contribution in [3.8, 4) is 0 Å². The average molecular weight is 317 g/mol. The quantitative estimate of drug-likeness (QED) is 0.760. The zero-order chi connectivity index (χ0) is 13.4. The summed E-state index contributed by atoms with van der Waals surface area (Å²) in [5, 5.41) is 2.78. The predicted octanol–water partition coefficient (Wildman–Crippen LogP) is 2.72. The first-order chi connectivity index (χ1) is 8.63. The SMILES string of the molecule is NCCCCCC(=O)NCc1cc(F)ccc1Br. The largest absolute Gasteiger partial charge is 0.352 e. The third-order valence-corrected chi connectivity index (χ3v) is 3.37. The molecule has 1 amide bonds. The Morgan fingerprint density at radius 2 is 2.11 bits per heavy atom. The van der Waals surface area contributed by atoms with Crippen LogP contribution in [0.25, 0.3) is 0 Å². The van der Waals surface area contributed by atoms with E-state index in [1.54, 1.807) is 6.07 Å². The summed E-state index contributed by atoms with van der Waals surface area (Å²) in [7, 11) is 0. The fourth-order valence-corrected chi connectivity index (χ4v) is 1.95. The molecule has 0 atom stereocenters. The molecule has 0 radical (unpaired) electrons. The first kappa shape index (κ1) is 15.1. The highest BCUT2D eigenvalue weighted by Gasteiger charge is 2.05. The van der Waals surface area contributed by atoms with Gasteiger partial charge in [0.2, 0.25) is 5.91 Å². The molecule has 100 valence electrons. The topological polar surface area (TPSA) is 55.1 Å². The number of carbonyl (C=O) groups is 1. The van der Waals surface area contributed by atoms with Crippen molar-refractivity contribution in [1.29, 1.82) is 0 Å². The van der Waals surface area contributed by atoms with E-state index < -0.39 is 0 Å². The van der Waals surface area contributed by atoms with E-state index in [1.165, 1.54) is 12.1 Å². The lowest BCUT2D eigenvalue weighted by atomic mass is 10.2. The maximum atomic E-state index is 13.0. The lowest BCUT2D eigenvalue weighted by molar-refractivity contribution is -0.121. The Morgan fingerprint density at radius 1 is 1.33 bits per heavy atom. The van der Waals surface area contributed by atoms with Crippen molar-refractivity contribution in [2.24, 2.45) is 5.73 Å². The van der Waals surface area contributed by atoms with Crippen molar-refractivity contribution in [2.45, 2.75) is 32.2 Å². The number of benzene rings is 1. The van der Waals surface area contributed by atoms with Crippen molar-refractivity contribution in [1.82, 2.24) is 5.32 Å². The molecular weight excluding hydrogens is 299 g/mol. The minimum atomic E-state index is -0.301. The predicted molar refractivity (Wildman–Crippen MR) is 73.5 cm³/mol. The molecule has 0 aliphatic rings. The Balaban J connectivity index is 2.31. The summed E-state index contributed by atoms with van der Waals surface area (Å²) in [6.45, 7) is 1.01. The van der Waals surface area contributed by atoms with Crippen LogP contribution in [0.5, 0.6) is 0 Å². The Hall–Kier alpha value is -0.940. The van der Waals surface area contributed by atoms with Gasteiger partial charge in [-0.15, -0.1) is 0 Å². The number of carbonyl (C=O) groups excluding carboxylic acids is 1. The van der Waals surface area contributed by atoms with Gasteiger partial charge in [-0.25, -0.2) is 4.39 Å². The Morgan fingerprint density at radius 3 is 2.83 bits per heavy atom. The van der Waals surface area contributed by atoms with E-state index in [0.717, 1.165) is 29.3 Å². The van der Waals surface area contributed by atoms with Crippen LogP contribution < -0.4 is 11.1 Å². The lowest BCUT2D eigenvalue weighted by Crippen LogP contribution is -2.22. The van der Waals surface area contributed by atoms with Gasteiger partial charge in [0, 0.05) is 17.4 Å². The average Bonchev–Trinajstić information content (AvgIpc) is 2.36. The van der Waals surface area contributed by atoms with Crippen LogP contribution in [0, 0.1) is 5.82 Å². The smallest absolute Gasteiger partial charge is 0.220 e. The van der Waals surface area contributed by atoms with Gasteiger partial charge >= 0.3 is 0 Å². The molecule has 0 aliphatic carbocycles. The molecule has 0 heterocycles. The molecule has 0 saturated carbocycles. The van der Waals surface area contributed by atoms with Gasteiger partial charge in [-0.1, -0.05) is 22.4 Å². The lowest BCUT2D eigenvalue weighted by Gasteiger charge is -2.07. The summed E-state index contributed by atoms with van der Waals surface area (Å²) >= 11 is 3.32. The number of hydrogen-bond acceptors (Lipinski definition) is 2. The van der Waals surface area contributed by atoms with E-state index in [1.807, 2.05) is 0 Å². The highest BCUT2D eigenvalue weighted by molar-refractivity contribution is 9.10. The first-order valence-corrected chi connectivity index (χ1v) is 6.83. The Labute approximate surface area is 115 Å². The van der Waals surface area contributed by atoms with Crippen LogP contribution in [0.2, 0.25) is 0 Å². The van der Waals surface area contributed by atoms with Gasteiger partial charge in [0.1, 0.15) is 5.82 Å². The molecular formula is C13H18BrFN2O. The van der Waals surface area contributed by atoms with E-state index in [9.17, 15) is 9.18 Å². The summed E-state index contributed by atoms with van der Waals surface area (Å²) in [5.74, 6) is -0.312. The van der Waals surface area contributed by atoms with Gasteiger partial charge in [-0.2, -0.15) is 0 Å². The van der Waals surface area contributed by atoms with Crippen molar-refractivity contribution in [2.75, 3.05) is 6.54 Å².